The summed E-state index contributed by atoms with van der Waals surface area (Å²) in [5.74, 6) is 0.110. The fourth-order valence-corrected chi connectivity index (χ4v) is 4.88. The molecule has 0 radical (unpaired) electrons. The number of nitrogens with one attached hydrogen (secondary N) is 1. The van der Waals surface area contributed by atoms with Gasteiger partial charge in [0.1, 0.15) is 0 Å². The van der Waals surface area contributed by atoms with Gasteiger partial charge in [0.05, 0.1) is 4.90 Å². The molecule has 2 aliphatic rings. The zero-order chi connectivity index (χ0) is 15.7. The lowest BCUT2D eigenvalue weighted by Gasteiger charge is -2.18. The number of hydrogen-bond acceptors (Lipinski definition) is 3. The molecule has 0 unspecified atom stereocenters. The molecule has 1 saturated carbocycles. The van der Waals surface area contributed by atoms with Crippen LogP contribution in [0, 0.1) is 6.92 Å². The van der Waals surface area contributed by atoms with Crippen molar-refractivity contribution in [3.8, 4) is 0 Å². The molecule has 1 aromatic rings. The zero-order valence-corrected chi connectivity index (χ0v) is 13.7. The molecule has 1 aromatic carbocycles. The highest BCUT2D eigenvalue weighted by atomic mass is 32.2. The minimum absolute atomic E-state index is 0.0595. The van der Waals surface area contributed by atoms with Gasteiger partial charge in [-0.05, 0) is 49.9 Å². The van der Waals surface area contributed by atoms with Gasteiger partial charge in [-0.25, -0.2) is 13.1 Å². The van der Waals surface area contributed by atoms with E-state index in [1.54, 1.807) is 30.0 Å². The van der Waals surface area contributed by atoms with E-state index in [4.69, 9.17) is 0 Å². The molecule has 3 rings (SSSR count). The fourth-order valence-electron chi connectivity index (χ4n) is 3.35. The first-order valence-corrected chi connectivity index (χ1v) is 9.39. The molecule has 120 valence electrons. The highest BCUT2D eigenvalue weighted by Gasteiger charge is 2.26. The van der Waals surface area contributed by atoms with E-state index < -0.39 is 10.0 Å². The number of amides is 1. The lowest BCUT2D eigenvalue weighted by atomic mass is 10.2. The second kappa shape index (κ2) is 6.01. The summed E-state index contributed by atoms with van der Waals surface area (Å²) in [5.41, 5.74) is 1.47. The minimum atomic E-state index is -3.48. The predicted octanol–water partition coefficient (Wildman–Crippen LogP) is 2.34. The summed E-state index contributed by atoms with van der Waals surface area (Å²) >= 11 is 0. The highest BCUT2D eigenvalue weighted by Crippen LogP contribution is 2.27. The van der Waals surface area contributed by atoms with Crippen molar-refractivity contribution >= 4 is 21.6 Å². The van der Waals surface area contributed by atoms with Crippen LogP contribution in [-0.2, 0) is 14.8 Å². The largest absolute Gasteiger partial charge is 0.312 e. The van der Waals surface area contributed by atoms with E-state index in [2.05, 4.69) is 4.72 Å². The quantitative estimate of drug-likeness (QED) is 0.925. The molecule has 1 aliphatic carbocycles. The number of sulfonamides is 1. The maximum atomic E-state index is 12.5. The van der Waals surface area contributed by atoms with Crippen LogP contribution < -0.4 is 9.62 Å². The Hall–Kier alpha value is -1.40. The molecule has 0 spiro atoms. The maximum Gasteiger partial charge on any atom is 0.241 e. The molecule has 0 atom stereocenters. The first-order valence-electron chi connectivity index (χ1n) is 7.91. The van der Waals surface area contributed by atoms with Crippen molar-refractivity contribution < 1.29 is 13.2 Å². The van der Waals surface area contributed by atoms with Crippen LogP contribution in [0.2, 0.25) is 0 Å². The summed E-state index contributed by atoms with van der Waals surface area (Å²) in [7, 11) is -3.48. The average molecular weight is 322 g/mol. The van der Waals surface area contributed by atoms with Gasteiger partial charge in [0, 0.05) is 24.7 Å². The van der Waals surface area contributed by atoms with Crippen molar-refractivity contribution in [2.75, 3.05) is 11.4 Å². The van der Waals surface area contributed by atoms with E-state index in [1.165, 1.54) is 0 Å². The van der Waals surface area contributed by atoms with Gasteiger partial charge in [-0.15, -0.1) is 0 Å². The number of benzene rings is 1. The Morgan fingerprint density at radius 3 is 2.50 bits per heavy atom. The van der Waals surface area contributed by atoms with Crippen LogP contribution in [0.4, 0.5) is 5.69 Å². The van der Waals surface area contributed by atoms with Gasteiger partial charge in [0.25, 0.3) is 0 Å². The molecule has 1 aliphatic heterocycles. The Morgan fingerprint density at radius 2 is 1.91 bits per heavy atom. The summed E-state index contributed by atoms with van der Waals surface area (Å²) in [6.45, 7) is 2.50. The molecule has 0 aromatic heterocycles. The molecule has 1 saturated heterocycles. The zero-order valence-electron chi connectivity index (χ0n) is 12.8. The molecule has 5 nitrogen and oxygen atoms in total. The Kier molecular flexibility index (Phi) is 4.23. The van der Waals surface area contributed by atoms with Gasteiger partial charge in [0.15, 0.2) is 0 Å². The molecule has 6 heteroatoms. The Balaban J connectivity index is 1.83. The monoisotopic (exact) mass is 322 g/mol. The van der Waals surface area contributed by atoms with Gasteiger partial charge >= 0.3 is 0 Å². The average Bonchev–Trinajstić information content (AvgIpc) is 3.09. The van der Waals surface area contributed by atoms with E-state index in [9.17, 15) is 13.2 Å². The maximum absolute atomic E-state index is 12.5. The normalized spacial score (nSPS) is 20.0. The first kappa shape index (κ1) is 15.5. The van der Waals surface area contributed by atoms with Crippen LogP contribution in [0.15, 0.2) is 23.1 Å². The Morgan fingerprint density at radius 1 is 1.18 bits per heavy atom. The summed E-state index contributed by atoms with van der Waals surface area (Å²) in [4.78, 5) is 13.8. The van der Waals surface area contributed by atoms with Crippen molar-refractivity contribution in [3.63, 3.8) is 0 Å². The molecule has 0 bridgehead atoms. The van der Waals surface area contributed by atoms with E-state index >= 15 is 0 Å². The first-order chi connectivity index (χ1) is 10.5. The van der Waals surface area contributed by atoms with E-state index in [0.29, 0.717) is 23.4 Å². The summed E-state index contributed by atoms with van der Waals surface area (Å²) in [6.07, 6.45) is 5.44. The van der Waals surface area contributed by atoms with Gasteiger partial charge < -0.3 is 4.90 Å². The smallest absolute Gasteiger partial charge is 0.241 e. The summed E-state index contributed by atoms with van der Waals surface area (Å²) in [5, 5.41) is 0. The molecular formula is C16H22N2O3S. The van der Waals surface area contributed by atoms with E-state index in [0.717, 1.165) is 37.8 Å². The topological polar surface area (TPSA) is 66.5 Å². The van der Waals surface area contributed by atoms with Gasteiger partial charge in [0.2, 0.25) is 15.9 Å². The number of nitrogens with zero attached hydrogens (tertiary/aromatic N) is 1. The van der Waals surface area contributed by atoms with Gasteiger partial charge in [-0.3, -0.25) is 4.79 Å². The fraction of sp³-hybridized carbons (Fsp3) is 0.562. The SMILES string of the molecule is Cc1cc(N2CCCC2=O)ccc1S(=O)(=O)NC1CCCC1. The lowest BCUT2D eigenvalue weighted by Crippen LogP contribution is -2.33. The van der Waals surface area contributed by atoms with Crippen molar-refractivity contribution in [1.29, 1.82) is 0 Å². The lowest BCUT2D eigenvalue weighted by molar-refractivity contribution is -0.117. The molecule has 1 amide bonds. The Labute approximate surface area is 131 Å². The van der Waals surface area contributed by atoms with Crippen molar-refractivity contribution in [3.05, 3.63) is 23.8 Å². The van der Waals surface area contributed by atoms with Crippen LogP contribution >= 0.6 is 0 Å². The van der Waals surface area contributed by atoms with Crippen molar-refractivity contribution in [2.45, 2.75) is 56.4 Å². The number of hydrogen-bond donors (Lipinski definition) is 1. The van der Waals surface area contributed by atoms with E-state index in [-0.39, 0.29) is 11.9 Å². The van der Waals surface area contributed by atoms with Gasteiger partial charge in [-0.1, -0.05) is 12.8 Å². The molecule has 2 fully saturated rings. The number of carbonyl (C=O) groups excluding carboxylic acids is 1. The van der Waals surface area contributed by atoms with Crippen LogP contribution in [0.5, 0.6) is 0 Å². The predicted molar refractivity (Wildman–Crippen MR) is 85.3 cm³/mol. The van der Waals surface area contributed by atoms with Crippen molar-refractivity contribution in [2.24, 2.45) is 0 Å². The second-order valence-corrected chi connectivity index (χ2v) is 7.88. The molecule has 1 heterocycles. The standard InChI is InChI=1S/C16H22N2O3S/c1-12-11-14(18-10-4-7-16(18)19)8-9-15(12)22(20,21)17-13-5-2-3-6-13/h8-9,11,13,17H,2-7,10H2,1H3. The Bertz CT molecular complexity index is 679. The molecule has 1 N–H and O–H groups in total. The summed E-state index contributed by atoms with van der Waals surface area (Å²) in [6, 6.07) is 5.21. The molecule has 22 heavy (non-hydrogen) atoms. The van der Waals surface area contributed by atoms with Gasteiger partial charge in [-0.2, -0.15) is 0 Å². The van der Waals surface area contributed by atoms with Crippen LogP contribution in [-0.4, -0.2) is 26.9 Å². The second-order valence-electron chi connectivity index (χ2n) is 6.20. The highest BCUT2D eigenvalue weighted by molar-refractivity contribution is 7.89. The third-order valence-electron chi connectivity index (χ3n) is 4.51. The van der Waals surface area contributed by atoms with Crippen LogP contribution in [0.25, 0.3) is 0 Å². The van der Waals surface area contributed by atoms with Crippen LogP contribution in [0.3, 0.4) is 0 Å². The third-order valence-corrected chi connectivity index (χ3v) is 6.19. The number of aryl methyl sites for hydroxylation is 1. The van der Waals surface area contributed by atoms with E-state index in [1.807, 2.05) is 0 Å². The van der Waals surface area contributed by atoms with Crippen molar-refractivity contribution in [1.82, 2.24) is 4.72 Å². The van der Waals surface area contributed by atoms with Crippen LogP contribution in [0.1, 0.15) is 44.1 Å². The number of carbonyl (C=O) groups is 1. The summed E-state index contributed by atoms with van der Waals surface area (Å²) < 4.78 is 27.8. The molecular weight excluding hydrogens is 300 g/mol. The third kappa shape index (κ3) is 3.03. The number of anilines is 1. The minimum Gasteiger partial charge on any atom is -0.312 e. The number of rotatable bonds is 4.